The topological polar surface area (TPSA) is 48.8 Å². The molecule has 0 saturated carbocycles. The highest BCUT2D eigenvalue weighted by Crippen LogP contribution is 2.37. The lowest BCUT2D eigenvalue weighted by atomic mass is 10.1. The van der Waals surface area contributed by atoms with Crippen molar-refractivity contribution in [2.24, 2.45) is 0 Å². The molecule has 0 atom stereocenters. The summed E-state index contributed by atoms with van der Waals surface area (Å²) in [7, 11) is 0. The number of imidazole rings is 1. The van der Waals surface area contributed by atoms with Crippen LogP contribution in [0.5, 0.6) is 11.5 Å². The zero-order valence-corrected chi connectivity index (χ0v) is 26.0. The van der Waals surface area contributed by atoms with E-state index >= 15 is 0 Å². The Hall–Kier alpha value is -4.52. The minimum atomic E-state index is -4.62. The monoisotopic (exact) mass is 677 g/mol. The van der Waals surface area contributed by atoms with Gasteiger partial charge in [0.05, 0.1) is 23.2 Å². The zero-order valence-electron chi connectivity index (χ0n) is 26.0. The molecule has 0 aliphatic carbocycles. The number of hydrogen-bond donors (Lipinski definition) is 0. The quantitative estimate of drug-likeness (QED) is 0.0927. The van der Waals surface area contributed by atoms with Crippen LogP contribution in [0.2, 0.25) is 0 Å². The fourth-order valence-electron chi connectivity index (χ4n) is 5.32. The van der Waals surface area contributed by atoms with Crippen LogP contribution < -0.4 is 9.47 Å². The summed E-state index contributed by atoms with van der Waals surface area (Å²) in [4.78, 5) is 6.90. The molecule has 0 fully saturated rings. The molecule has 4 aromatic rings. The van der Waals surface area contributed by atoms with Gasteiger partial charge in [-0.05, 0) is 48.7 Å². The van der Waals surface area contributed by atoms with Crippen molar-refractivity contribution in [3.8, 4) is 34.1 Å². The average molecular weight is 678 g/mol. The number of nitrogens with zero attached hydrogens (tertiary/aromatic N) is 3. The maximum Gasteiger partial charge on any atom is 0.460 e. The standard InChI is InChI=1S/C35H34F7N3O3/c1-2-3-17-45-28(31(43-32(45)25-10-5-4-6-11-25)26-12-9-13-27(20-26)34(38,39)40)22-44(16-7-8-18-48-35(41,42)33(36)37)21-24-14-15-29-30(19-24)47-23-46-29/h4-6,8-15,18-20,33H,2-3,7,16-17,21-23H2,1H3/b18-8+. The average Bonchev–Trinajstić information content (AvgIpc) is 3.68. The van der Waals surface area contributed by atoms with Gasteiger partial charge in [-0.3, -0.25) is 4.90 Å². The summed E-state index contributed by atoms with van der Waals surface area (Å²) in [5.41, 5.74) is 2.13. The van der Waals surface area contributed by atoms with Crippen molar-refractivity contribution in [1.29, 1.82) is 0 Å². The predicted molar refractivity (Wildman–Crippen MR) is 165 cm³/mol. The molecule has 0 N–H and O–H groups in total. The Balaban J connectivity index is 1.55. The summed E-state index contributed by atoms with van der Waals surface area (Å²) in [5.74, 6) is 1.73. The van der Waals surface area contributed by atoms with Gasteiger partial charge in [0.2, 0.25) is 6.79 Å². The number of alkyl halides is 7. The Bertz CT molecular complexity index is 1690. The van der Waals surface area contributed by atoms with E-state index in [1.165, 1.54) is 12.1 Å². The molecular formula is C35H34F7N3O3. The number of fused-ring (bicyclic) bond motifs is 1. The number of hydrogen-bond acceptors (Lipinski definition) is 5. The molecule has 48 heavy (non-hydrogen) atoms. The third-order valence-corrected chi connectivity index (χ3v) is 7.71. The van der Waals surface area contributed by atoms with Crippen LogP contribution in [-0.4, -0.2) is 40.3 Å². The second-order valence-corrected chi connectivity index (χ2v) is 11.2. The lowest BCUT2D eigenvalue weighted by Crippen LogP contribution is -2.28. The SMILES string of the molecule is CCCCn1c(-c2ccccc2)nc(-c2cccc(C(F)(F)F)c2)c1CN(CC/C=C/OC(F)(F)C(F)F)Cc1ccc2c(c1)OCO2. The highest BCUT2D eigenvalue weighted by Gasteiger charge is 2.42. The van der Waals surface area contributed by atoms with Crippen LogP contribution in [0.1, 0.15) is 43.0 Å². The van der Waals surface area contributed by atoms with Gasteiger partial charge in [-0.1, -0.05) is 61.9 Å². The first-order chi connectivity index (χ1) is 23.0. The number of ether oxygens (including phenoxy) is 3. The van der Waals surface area contributed by atoms with E-state index in [2.05, 4.69) is 4.74 Å². The third kappa shape index (κ3) is 8.49. The fourth-order valence-corrected chi connectivity index (χ4v) is 5.32. The van der Waals surface area contributed by atoms with E-state index in [0.29, 0.717) is 48.1 Å². The summed E-state index contributed by atoms with van der Waals surface area (Å²) in [6.45, 7) is 3.42. The molecule has 3 aromatic carbocycles. The molecule has 0 amide bonds. The molecular weight excluding hydrogens is 643 g/mol. The van der Waals surface area contributed by atoms with Gasteiger partial charge in [-0.25, -0.2) is 4.98 Å². The van der Waals surface area contributed by atoms with Crippen molar-refractivity contribution in [3.63, 3.8) is 0 Å². The van der Waals surface area contributed by atoms with Crippen molar-refractivity contribution >= 4 is 0 Å². The Labute approximate surface area is 273 Å². The maximum absolute atomic E-state index is 13.8. The Morgan fingerprint density at radius 2 is 1.67 bits per heavy atom. The summed E-state index contributed by atoms with van der Waals surface area (Å²) in [6.07, 6.45) is -9.64. The highest BCUT2D eigenvalue weighted by atomic mass is 19.4. The Kier molecular flexibility index (Phi) is 11.0. The molecule has 256 valence electrons. The Morgan fingerprint density at radius 3 is 2.40 bits per heavy atom. The van der Waals surface area contributed by atoms with Gasteiger partial charge < -0.3 is 18.8 Å². The minimum Gasteiger partial charge on any atom is -0.454 e. The van der Waals surface area contributed by atoms with E-state index in [1.54, 1.807) is 12.1 Å². The first kappa shape index (κ1) is 34.8. The number of rotatable bonds is 15. The molecule has 13 heteroatoms. The van der Waals surface area contributed by atoms with Gasteiger partial charge in [0.1, 0.15) is 5.82 Å². The second kappa shape index (κ2) is 15.1. The van der Waals surface area contributed by atoms with Gasteiger partial charge in [0.15, 0.2) is 11.5 Å². The molecule has 2 heterocycles. The van der Waals surface area contributed by atoms with Crippen molar-refractivity contribution < 1.29 is 44.9 Å². The van der Waals surface area contributed by atoms with Crippen molar-refractivity contribution in [1.82, 2.24) is 14.5 Å². The summed E-state index contributed by atoms with van der Waals surface area (Å²) >= 11 is 0. The maximum atomic E-state index is 13.8. The van der Waals surface area contributed by atoms with Gasteiger partial charge in [-0.15, -0.1) is 0 Å². The summed E-state index contributed by atoms with van der Waals surface area (Å²) in [6, 6.07) is 19.8. The molecule has 0 radical (unpaired) electrons. The van der Waals surface area contributed by atoms with Gasteiger partial charge in [-0.2, -0.15) is 30.7 Å². The number of unbranched alkanes of at least 4 members (excludes halogenated alkanes) is 1. The van der Waals surface area contributed by atoms with Crippen molar-refractivity contribution in [3.05, 3.63) is 102 Å². The Morgan fingerprint density at radius 1 is 0.917 bits per heavy atom. The smallest absolute Gasteiger partial charge is 0.454 e. The van der Waals surface area contributed by atoms with Crippen LogP contribution >= 0.6 is 0 Å². The number of aromatic nitrogens is 2. The van der Waals surface area contributed by atoms with Gasteiger partial charge >= 0.3 is 18.7 Å². The van der Waals surface area contributed by atoms with Crippen LogP contribution in [0.3, 0.4) is 0 Å². The van der Waals surface area contributed by atoms with Crippen LogP contribution in [0.15, 0.2) is 85.1 Å². The van der Waals surface area contributed by atoms with E-state index < -0.39 is 24.3 Å². The first-order valence-electron chi connectivity index (χ1n) is 15.4. The van der Waals surface area contributed by atoms with Crippen LogP contribution in [0, 0.1) is 0 Å². The molecule has 1 aliphatic heterocycles. The fraction of sp³-hybridized carbons (Fsp3) is 0.343. The lowest BCUT2D eigenvalue weighted by molar-refractivity contribution is -0.274. The second-order valence-electron chi connectivity index (χ2n) is 11.2. The highest BCUT2D eigenvalue weighted by molar-refractivity contribution is 5.69. The van der Waals surface area contributed by atoms with Gasteiger partial charge in [0, 0.05) is 37.3 Å². The van der Waals surface area contributed by atoms with E-state index in [4.69, 9.17) is 14.5 Å². The molecule has 0 saturated heterocycles. The molecule has 1 aliphatic rings. The lowest BCUT2D eigenvalue weighted by Gasteiger charge is -2.24. The van der Waals surface area contributed by atoms with E-state index in [-0.39, 0.29) is 31.9 Å². The molecule has 6 nitrogen and oxygen atoms in total. The van der Waals surface area contributed by atoms with Crippen LogP contribution in [-0.2, 0) is 30.5 Å². The molecule has 5 rings (SSSR count). The summed E-state index contributed by atoms with van der Waals surface area (Å²) in [5, 5.41) is 0. The van der Waals surface area contributed by atoms with E-state index in [0.717, 1.165) is 36.1 Å². The van der Waals surface area contributed by atoms with Crippen LogP contribution in [0.4, 0.5) is 30.7 Å². The molecule has 0 bridgehead atoms. The molecule has 0 spiro atoms. The minimum absolute atomic E-state index is 0.0791. The first-order valence-corrected chi connectivity index (χ1v) is 15.4. The number of halogens is 7. The van der Waals surface area contributed by atoms with Crippen LogP contribution in [0.25, 0.3) is 22.6 Å². The van der Waals surface area contributed by atoms with Crippen molar-refractivity contribution in [2.75, 3.05) is 13.3 Å². The van der Waals surface area contributed by atoms with E-state index in [9.17, 15) is 30.7 Å². The number of benzene rings is 3. The molecule has 1 aromatic heterocycles. The zero-order chi connectivity index (χ0) is 34.3. The normalized spacial score (nSPS) is 13.3. The third-order valence-electron chi connectivity index (χ3n) is 7.71. The van der Waals surface area contributed by atoms with E-state index in [1.807, 2.05) is 58.9 Å². The van der Waals surface area contributed by atoms with Gasteiger partial charge in [0.25, 0.3) is 0 Å². The predicted octanol–water partition coefficient (Wildman–Crippen LogP) is 9.55. The molecule has 0 unspecified atom stereocenters. The van der Waals surface area contributed by atoms with Crippen molar-refractivity contribution in [2.45, 2.75) is 64.5 Å². The summed E-state index contributed by atoms with van der Waals surface area (Å²) < 4.78 is 110. The largest absolute Gasteiger partial charge is 0.460 e.